The molecule has 0 aliphatic rings. The Morgan fingerprint density at radius 3 is 2.64 bits per heavy atom. The van der Waals surface area contributed by atoms with Crippen LogP contribution in [0, 0.1) is 11.6 Å². The molecule has 1 heterocycles. The van der Waals surface area contributed by atoms with E-state index in [9.17, 15) is 26.8 Å². The number of halogens is 2. The minimum atomic E-state index is -3.71. The monoisotopic (exact) mass is 408 g/mol. The van der Waals surface area contributed by atoms with E-state index < -0.39 is 39.7 Å². The van der Waals surface area contributed by atoms with Crippen LogP contribution in [0.15, 0.2) is 47.5 Å². The van der Waals surface area contributed by atoms with Crippen LogP contribution in [0.5, 0.6) is 0 Å². The zero-order valence-corrected chi connectivity index (χ0v) is 15.3. The number of aromatic nitrogens is 2. The van der Waals surface area contributed by atoms with E-state index in [0.717, 1.165) is 35.3 Å². The first-order valence-corrected chi connectivity index (χ1v) is 9.73. The number of carbonyl (C=O) groups is 1. The highest BCUT2D eigenvalue weighted by atomic mass is 32.2. The molecule has 0 radical (unpaired) electrons. The van der Waals surface area contributed by atoms with E-state index in [1.807, 2.05) is 4.72 Å². The molecule has 0 saturated carbocycles. The number of anilines is 2. The minimum absolute atomic E-state index is 0.0247. The normalized spacial score (nSPS) is 11.4. The summed E-state index contributed by atoms with van der Waals surface area (Å²) in [7, 11) is -3.71. The third-order valence-corrected chi connectivity index (χ3v) is 4.24. The van der Waals surface area contributed by atoms with Gasteiger partial charge < -0.3 is 5.32 Å². The topological polar surface area (TPSA) is 110 Å². The lowest BCUT2D eigenvalue weighted by atomic mass is 10.2. The van der Waals surface area contributed by atoms with E-state index in [2.05, 4.69) is 10.3 Å². The fraction of sp³-hybridized carbons (Fsp3) is 0.118. The van der Waals surface area contributed by atoms with Crippen LogP contribution in [0.1, 0.15) is 0 Å². The van der Waals surface area contributed by atoms with Crippen LogP contribution in [-0.2, 0) is 21.4 Å². The average molecular weight is 408 g/mol. The smallest absolute Gasteiger partial charge is 0.261 e. The van der Waals surface area contributed by atoms with Crippen molar-refractivity contribution in [1.82, 2.24) is 9.55 Å². The Balaban J connectivity index is 1.81. The van der Waals surface area contributed by atoms with Crippen molar-refractivity contribution in [3.63, 3.8) is 0 Å². The van der Waals surface area contributed by atoms with E-state index in [4.69, 9.17) is 0 Å². The lowest BCUT2D eigenvalue weighted by Crippen LogP contribution is -2.28. The molecule has 8 nitrogen and oxygen atoms in total. The number of nitrogens with one attached hydrogen (secondary N) is 2. The molecule has 0 spiro atoms. The van der Waals surface area contributed by atoms with Gasteiger partial charge in [0.25, 0.3) is 5.56 Å². The number of hydrogen-bond acceptors (Lipinski definition) is 5. The summed E-state index contributed by atoms with van der Waals surface area (Å²) in [5.74, 6) is -2.07. The van der Waals surface area contributed by atoms with Gasteiger partial charge in [0.15, 0.2) is 0 Å². The van der Waals surface area contributed by atoms with E-state index in [0.29, 0.717) is 0 Å². The number of carbonyl (C=O) groups excluding carboxylic acids is 1. The number of benzene rings is 2. The highest BCUT2D eigenvalue weighted by Gasteiger charge is 2.12. The van der Waals surface area contributed by atoms with Gasteiger partial charge in [0, 0.05) is 5.69 Å². The Kier molecular flexibility index (Phi) is 5.10. The van der Waals surface area contributed by atoms with Crippen molar-refractivity contribution in [2.45, 2.75) is 6.54 Å². The molecule has 28 heavy (non-hydrogen) atoms. The fourth-order valence-corrected chi connectivity index (χ4v) is 3.04. The number of fused-ring (bicyclic) bond motifs is 1. The molecule has 146 valence electrons. The van der Waals surface area contributed by atoms with Gasteiger partial charge in [-0.1, -0.05) is 0 Å². The van der Waals surface area contributed by atoms with Crippen molar-refractivity contribution >= 4 is 38.2 Å². The molecule has 0 aliphatic heterocycles. The summed E-state index contributed by atoms with van der Waals surface area (Å²) in [6.45, 7) is -0.426. The molecule has 0 saturated heterocycles. The van der Waals surface area contributed by atoms with E-state index >= 15 is 0 Å². The fourth-order valence-electron chi connectivity index (χ4n) is 2.48. The van der Waals surface area contributed by atoms with Crippen LogP contribution in [-0.4, -0.2) is 30.1 Å². The molecule has 11 heteroatoms. The maximum absolute atomic E-state index is 13.7. The SMILES string of the molecule is CS(=O)(=O)Nc1cc(NC(=O)Cn2cnc3ccc(F)cc3c2=O)ccc1F. The Morgan fingerprint density at radius 2 is 1.93 bits per heavy atom. The van der Waals surface area contributed by atoms with Crippen LogP contribution in [0.4, 0.5) is 20.2 Å². The molecule has 1 amide bonds. The molecule has 0 atom stereocenters. The Morgan fingerprint density at radius 1 is 1.18 bits per heavy atom. The minimum Gasteiger partial charge on any atom is -0.324 e. The van der Waals surface area contributed by atoms with E-state index in [1.54, 1.807) is 0 Å². The average Bonchev–Trinajstić information content (AvgIpc) is 2.59. The van der Waals surface area contributed by atoms with Gasteiger partial charge in [-0.05, 0) is 36.4 Å². The van der Waals surface area contributed by atoms with Gasteiger partial charge in [-0.2, -0.15) is 0 Å². The molecule has 1 aromatic heterocycles. The van der Waals surface area contributed by atoms with Gasteiger partial charge in [0.2, 0.25) is 15.9 Å². The van der Waals surface area contributed by atoms with Gasteiger partial charge in [0.1, 0.15) is 18.2 Å². The predicted octanol–water partition coefficient (Wildman–Crippen LogP) is 1.68. The van der Waals surface area contributed by atoms with Crippen molar-refractivity contribution in [3.05, 3.63) is 64.7 Å². The molecular formula is C17H14F2N4O4S. The quantitative estimate of drug-likeness (QED) is 0.668. The van der Waals surface area contributed by atoms with Gasteiger partial charge in [0.05, 0.1) is 29.2 Å². The van der Waals surface area contributed by atoms with Crippen LogP contribution >= 0.6 is 0 Å². The molecule has 2 N–H and O–H groups in total. The maximum Gasteiger partial charge on any atom is 0.261 e. The summed E-state index contributed by atoms with van der Waals surface area (Å²) in [6.07, 6.45) is 2.02. The number of hydrogen-bond donors (Lipinski definition) is 2. The molecule has 0 unspecified atom stereocenters. The second kappa shape index (κ2) is 7.35. The molecule has 3 aromatic rings. The zero-order chi connectivity index (χ0) is 20.5. The van der Waals surface area contributed by atoms with Gasteiger partial charge in [-0.25, -0.2) is 22.2 Å². The lowest BCUT2D eigenvalue weighted by molar-refractivity contribution is -0.116. The summed E-state index contributed by atoms with van der Waals surface area (Å²) in [5.41, 5.74) is -0.526. The predicted molar refractivity (Wildman–Crippen MR) is 99.5 cm³/mol. The summed E-state index contributed by atoms with van der Waals surface area (Å²) >= 11 is 0. The summed E-state index contributed by atoms with van der Waals surface area (Å²) < 4.78 is 52.6. The second-order valence-electron chi connectivity index (χ2n) is 5.96. The maximum atomic E-state index is 13.7. The summed E-state index contributed by atoms with van der Waals surface area (Å²) in [4.78, 5) is 28.6. The third-order valence-electron chi connectivity index (χ3n) is 3.65. The molecule has 2 aromatic carbocycles. The standard InChI is InChI=1S/C17H14F2N4O4S/c1-28(26,27)22-15-7-11(3-4-13(15)19)21-16(24)8-23-9-20-14-5-2-10(18)6-12(14)17(23)25/h2-7,9,22H,8H2,1H3,(H,21,24). The third kappa shape index (κ3) is 4.49. The van der Waals surface area contributed by atoms with E-state index in [1.165, 1.54) is 18.2 Å². The number of amides is 1. The van der Waals surface area contributed by atoms with Crippen molar-refractivity contribution in [2.24, 2.45) is 0 Å². The van der Waals surface area contributed by atoms with Crippen molar-refractivity contribution in [3.8, 4) is 0 Å². The van der Waals surface area contributed by atoms with Crippen LogP contribution in [0.2, 0.25) is 0 Å². The number of sulfonamides is 1. The zero-order valence-electron chi connectivity index (χ0n) is 14.4. The van der Waals surface area contributed by atoms with Gasteiger partial charge in [-0.3, -0.25) is 18.9 Å². The van der Waals surface area contributed by atoms with Crippen molar-refractivity contribution in [2.75, 3.05) is 16.3 Å². The number of nitrogens with zero attached hydrogens (tertiary/aromatic N) is 2. The molecule has 0 fully saturated rings. The van der Waals surface area contributed by atoms with Crippen molar-refractivity contribution in [1.29, 1.82) is 0 Å². The van der Waals surface area contributed by atoms with Crippen LogP contribution < -0.4 is 15.6 Å². The molecular weight excluding hydrogens is 394 g/mol. The summed E-state index contributed by atoms with van der Waals surface area (Å²) in [6, 6.07) is 6.87. The lowest BCUT2D eigenvalue weighted by Gasteiger charge is -2.10. The second-order valence-corrected chi connectivity index (χ2v) is 7.70. The van der Waals surface area contributed by atoms with Crippen LogP contribution in [0.3, 0.4) is 0 Å². The first-order valence-electron chi connectivity index (χ1n) is 7.84. The highest BCUT2D eigenvalue weighted by Crippen LogP contribution is 2.20. The van der Waals surface area contributed by atoms with E-state index in [-0.39, 0.29) is 22.3 Å². The molecule has 3 rings (SSSR count). The molecule has 0 aliphatic carbocycles. The molecule has 0 bridgehead atoms. The first-order chi connectivity index (χ1) is 13.1. The summed E-state index contributed by atoms with van der Waals surface area (Å²) in [5, 5.41) is 2.45. The van der Waals surface area contributed by atoms with Gasteiger partial charge in [-0.15, -0.1) is 0 Å². The Bertz CT molecular complexity index is 1240. The highest BCUT2D eigenvalue weighted by molar-refractivity contribution is 7.92. The van der Waals surface area contributed by atoms with Crippen molar-refractivity contribution < 1.29 is 22.0 Å². The first kappa shape index (κ1) is 19.4. The Hall–Kier alpha value is -3.34. The number of rotatable bonds is 5. The Labute approximate surface area is 157 Å². The largest absolute Gasteiger partial charge is 0.324 e. The van der Waals surface area contributed by atoms with Gasteiger partial charge >= 0.3 is 0 Å². The van der Waals surface area contributed by atoms with Crippen LogP contribution in [0.25, 0.3) is 10.9 Å².